The second-order valence-corrected chi connectivity index (χ2v) is 9.36. The molecule has 29 heavy (non-hydrogen) atoms. The van der Waals surface area contributed by atoms with Crippen LogP contribution in [0.5, 0.6) is 0 Å². The third kappa shape index (κ3) is 3.99. The number of hydrogen-bond donors (Lipinski definition) is 0. The van der Waals surface area contributed by atoms with Crippen molar-refractivity contribution in [2.45, 2.75) is 65.7 Å². The van der Waals surface area contributed by atoms with Crippen molar-refractivity contribution in [1.29, 1.82) is 0 Å². The Morgan fingerprint density at radius 1 is 1.34 bits per heavy atom. The maximum atomic E-state index is 12.7. The van der Waals surface area contributed by atoms with Crippen LogP contribution in [0.25, 0.3) is 6.08 Å². The van der Waals surface area contributed by atoms with Crippen LogP contribution in [0, 0.1) is 22.7 Å². The van der Waals surface area contributed by atoms with Crippen molar-refractivity contribution >= 4 is 17.8 Å². The van der Waals surface area contributed by atoms with Gasteiger partial charge in [0, 0.05) is 0 Å². The summed E-state index contributed by atoms with van der Waals surface area (Å²) in [5.41, 5.74) is 2.07. The number of ether oxygens (including phenoxy) is 1. The quantitative estimate of drug-likeness (QED) is 0.347. The van der Waals surface area contributed by atoms with Crippen LogP contribution in [0.1, 0.15) is 70.6 Å². The van der Waals surface area contributed by atoms with Gasteiger partial charge in [-0.15, -0.1) is 0 Å². The standard InChI is InChI=1S/C25H34O4/c1-17-7-12-22-24(3,14-6-15-25(22,4)23(27)28-5)20(17)10-9-19-13-16-29-21(19)11-8-18(2)26/h8,11,13,16,20,22H,1,6-7,9-10,12,14-15H2,2-5H3. The predicted molar refractivity (Wildman–Crippen MR) is 114 cm³/mol. The Kier molecular flexibility index (Phi) is 6.21. The van der Waals surface area contributed by atoms with E-state index >= 15 is 0 Å². The lowest BCUT2D eigenvalue weighted by molar-refractivity contribution is -0.168. The minimum atomic E-state index is -0.411. The Morgan fingerprint density at radius 3 is 2.79 bits per heavy atom. The summed E-state index contributed by atoms with van der Waals surface area (Å²) in [6.07, 6.45) is 11.9. The fourth-order valence-corrected chi connectivity index (χ4v) is 6.15. The molecule has 4 heteroatoms. The molecule has 2 aliphatic carbocycles. The summed E-state index contributed by atoms with van der Waals surface area (Å²) >= 11 is 0. The first-order chi connectivity index (χ1) is 13.7. The highest BCUT2D eigenvalue weighted by Crippen LogP contribution is 2.62. The zero-order valence-electron chi connectivity index (χ0n) is 18.3. The molecule has 1 aromatic rings. The molecule has 1 aromatic heterocycles. The van der Waals surface area contributed by atoms with E-state index in [2.05, 4.69) is 20.4 Å². The Labute approximate surface area is 174 Å². The molecule has 2 saturated carbocycles. The van der Waals surface area contributed by atoms with E-state index in [4.69, 9.17) is 9.15 Å². The van der Waals surface area contributed by atoms with E-state index in [1.165, 1.54) is 19.6 Å². The third-order valence-electron chi connectivity index (χ3n) is 7.62. The first kappa shape index (κ1) is 21.6. The fraction of sp³-hybridized carbons (Fsp3) is 0.600. The maximum absolute atomic E-state index is 12.7. The summed E-state index contributed by atoms with van der Waals surface area (Å²) in [7, 11) is 1.51. The van der Waals surface area contributed by atoms with Gasteiger partial charge in [0.1, 0.15) is 5.76 Å². The van der Waals surface area contributed by atoms with E-state index in [0.29, 0.717) is 11.8 Å². The monoisotopic (exact) mass is 398 g/mol. The topological polar surface area (TPSA) is 56.5 Å². The average Bonchev–Trinajstić information content (AvgIpc) is 3.12. The summed E-state index contributed by atoms with van der Waals surface area (Å²) in [5.74, 6) is 1.38. The highest BCUT2D eigenvalue weighted by Gasteiger charge is 2.57. The van der Waals surface area contributed by atoms with Gasteiger partial charge in [0.25, 0.3) is 0 Å². The zero-order chi connectivity index (χ0) is 21.2. The van der Waals surface area contributed by atoms with Gasteiger partial charge in [-0.25, -0.2) is 0 Å². The number of carbonyl (C=O) groups is 2. The number of rotatable bonds is 6. The summed E-state index contributed by atoms with van der Waals surface area (Å²) in [4.78, 5) is 24.0. The number of aryl methyl sites for hydroxylation is 1. The Morgan fingerprint density at radius 2 is 2.10 bits per heavy atom. The summed E-state index contributed by atoms with van der Waals surface area (Å²) in [6, 6.07) is 1.99. The van der Waals surface area contributed by atoms with Crippen LogP contribution in [-0.2, 0) is 20.7 Å². The molecule has 2 fully saturated rings. The van der Waals surface area contributed by atoms with Gasteiger partial charge in [0.05, 0.1) is 18.8 Å². The third-order valence-corrected chi connectivity index (χ3v) is 7.62. The molecule has 0 saturated heterocycles. The van der Waals surface area contributed by atoms with Crippen molar-refractivity contribution in [3.05, 3.63) is 41.9 Å². The maximum Gasteiger partial charge on any atom is 0.311 e. The van der Waals surface area contributed by atoms with Crippen LogP contribution in [0.2, 0.25) is 0 Å². The lowest BCUT2D eigenvalue weighted by Gasteiger charge is -2.57. The molecular weight excluding hydrogens is 364 g/mol. The first-order valence-corrected chi connectivity index (χ1v) is 10.7. The van der Waals surface area contributed by atoms with Crippen molar-refractivity contribution in [3.63, 3.8) is 0 Å². The molecule has 158 valence electrons. The van der Waals surface area contributed by atoms with E-state index in [1.807, 2.05) is 6.07 Å². The van der Waals surface area contributed by atoms with Gasteiger partial charge in [-0.3, -0.25) is 9.59 Å². The second-order valence-electron chi connectivity index (χ2n) is 9.36. The molecule has 0 amide bonds. The molecule has 4 nitrogen and oxygen atoms in total. The largest absolute Gasteiger partial charge is 0.469 e. The lowest BCUT2D eigenvalue weighted by atomic mass is 9.46. The number of ketones is 1. The highest BCUT2D eigenvalue weighted by molar-refractivity contribution is 5.91. The molecule has 0 spiro atoms. The Bertz CT molecular complexity index is 817. The van der Waals surface area contributed by atoms with Crippen molar-refractivity contribution in [1.82, 2.24) is 0 Å². The van der Waals surface area contributed by atoms with Crippen molar-refractivity contribution in [3.8, 4) is 0 Å². The summed E-state index contributed by atoms with van der Waals surface area (Å²) in [6.45, 7) is 10.4. The summed E-state index contributed by atoms with van der Waals surface area (Å²) < 4.78 is 10.8. The van der Waals surface area contributed by atoms with Gasteiger partial charge in [-0.1, -0.05) is 25.5 Å². The van der Waals surface area contributed by atoms with Crippen LogP contribution in [0.15, 0.2) is 35.0 Å². The number of methoxy groups -OCH3 is 1. The van der Waals surface area contributed by atoms with Crippen LogP contribution in [0.3, 0.4) is 0 Å². The number of furan rings is 1. The molecule has 4 atom stereocenters. The molecule has 2 aliphatic rings. The van der Waals surface area contributed by atoms with Crippen LogP contribution in [-0.4, -0.2) is 18.9 Å². The van der Waals surface area contributed by atoms with Gasteiger partial charge in [0.15, 0.2) is 5.78 Å². The summed E-state index contributed by atoms with van der Waals surface area (Å²) in [5, 5.41) is 0. The van der Waals surface area contributed by atoms with E-state index in [1.54, 1.807) is 18.4 Å². The normalized spacial score (nSPS) is 32.2. The zero-order valence-corrected chi connectivity index (χ0v) is 18.3. The second kappa shape index (κ2) is 8.33. The minimum Gasteiger partial charge on any atom is -0.469 e. The lowest BCUT2D eigenvalue weighted by Crippen LogP contribution is -2.53. The van der Waals surface area contributed by atoms with Crippen molar-refractivity contribution in [2.75, 3.05) is 7.11 Å². The van der Waals surface area contributed by atoms with Gasteiger partial charge in [-0.2, -0.15) is 0 Å². The highest BCUT2D eigenvalue weighted by atomic mass is 16.5. The van der Waals surface area contributed by atoms with E-state index in [9.17, 15) is 9.59 Å². The average molecular weight is 399 g/mol. The van der Waals surface area contributed by atoms with Crippen molar-refractivity contribution < 1.29 is 18.7 Å². The number of fused-ring (bicyclic) bond motifs is 1. The van der Waals surface area contributed by atoms with E-state index in [0.717, 1.165) is 56.3 Å². The minimum absolute atomic E-state index is 0.00710. The van der Waals surface area contributed by atoms with E-state index in [-0.39, 0.29) is 17.2 Å². The predicted octanol–water partition coefficient (Wildman–Crippen LogP) is 5.77. The molecule has 0 aromatic carbocycles. The van der Waals surface area contributed by atoms with E-state index < -0.39 is 5.41 Å². The Hall–Kier alpha value is -2.10. The smallest absolute Gasteiger partial charge is 0.311 e. The van der Waals surface area contributed by atoms with Gasteiger partial charge >= 0.3 is 5.97 Å². The molecule has 0 N–H and O–H groups in total. The Balaban J connectivity index is 1.82. The molecule has 3 rings (SSSR count). The van der Waals surface area contributed by atoms with Crippen LogP contribution in [0.4, 0.5) is 0 Å². The van der Waals surface area contributed by atoms with Gasteiger partial charge < -0.3 is 9.15 Å². The molecular formula is C25H34O4. The molecule has 1 heterocycles. The molecule has 4 unspecified atom stereocenters. The molecule has 0 bridgehead atoms. The molecule has 0 aliphatic heterocycles. The number of esters is 1. The van der Waals surface area contributed by atoms with Gasteiger partial charge in [0.2, 0.25) is 0 Å². The van der Waals surface area contributed by atoms with Gasteiger partial charge in [-0.05, 0) is 93.4 Å². The number of allylic oxidation sites excluding steroid dienone is 2. The number of hydrogen-bond acceptors (Lipinski definition) is 4. The van der Waals surface area contributed by atoms with Crippen LogP contribution >= 0.6 is 0 Å². The van der Waals surface area contributed by atoms with Crippen LogP contribution < -0.4 is 0 Å². The first-order valence-electron chi connectivity index (χ1n) is 10.7. The fourth-order valence-electron chi connectivity index (χ4n) is 6.15. The van der Waals surface area contributed by atoms with Crippen molar-refractivity contribution in [2.24, 2.45) is 22.7 Å². The SMILES string of the molecule is C=C1CCC2C(C)(C(=O)OC)CCCC2(C)C1CCc1ccoc1C=CC(C)=O. The molecule has 0 radical (unpaired) electrons. The number of carbonyl (C=O) groups excluding carboxylic acids is 2.